The SMILES string of the molecule is C=CCNC(=O)C(=O)NC[C@@H](c1ccc2c(c1)CCN2C)N1CCCCC1. The summed E-state index contributed by atoms with van der Waals surface area (Å²) in [4.78, 5) is 28.7. The Morgan fingerprint density at radius 2 is 1.89 bits per heavy atom. The van der Waals surface area contributed by atoms with Crippen molar-refractivity contribution < 1.29 is 9.59 Å². The topological polar surface area (TPSA) is 64.7 Å². The number of likely N-dealkylation sites (tertiary alicyclic amines) is 1. The van der Waals surface area contributed by atoms with E-state index in [-0.39, 0.29) is 6.04 Å². The summed E-state index contributed by atoms with van der Waals surface area (Å²) < 4.78 is 0. The van der Waals surface area contributed by atoms with E-state index in [9.17, 15) is 9.59 Å². The van der Waals surface area contributed by atoms with E-state index in [0.29, 0.717) is 13.1 Å². The van der Waals surface area contributed by atoms with Gasteiger partial charge in [0.25, 0.3) is 0 Å². The van der Waals surface area contributed by atoms with Gasteiger partial charge >= 0.3 is 11.8 Å². The van der Waals surface area contributed by atoms with Gasteiger partial charge in [-0.3, -0.25) is 14.5 Å². The highest BCUT2D eigenvalue weighted by Crippen LogP contribution is 2.32. The van der Waals surface area contributed by atoms with Gasteiger partial charge in [0.1, 0.15) is 0 Å². The molecule has 146 valence electrons. The van der Waals surface area contributed by atoms with Crippen LogP contribution >= 0.6 is 0 Å². The number of benzene rings is 1. The van der Waals surface area contributed by atoms with Crippen molar-refractivity contribution in [2.45, 2.75) is 31.7 Å². The third-order valence-electron chi connectivity index (χ3n) is 5.52. The Morgan fingerprint density at radius 1 is 1.15 bits per heavy atom. The highest BCUT2D eigenvalue weighted by Gasteiger charge is 2.26. The van der Waals surface area contributed by atoms with Gasteiger partial charge in [-0.05, 0) is 49.5 Å². The normalized spacial score (nSPS) is 17.9. The van der Waals surface area contributed by atoms with Crippen LogP contribution in [0.1, 0.15) is 36.4 Å². The van der Waals surface area contributed by atoms with Crippen LogP contribution in [0.5, 0.6) is 0 Å². The molecule has 0 aromatic heterocycles. The molecule has 1 fully saturated rings. The van der Waals surface area contributed by atoms with Crippen molar-refractivity contribution in [2.75, 3.05) is 44.7 Å². The lowest BCUT2D eigenvalue weighted by Crippen LogP contribution is -2.45. The fourth-order valence-corrected chi connectivity index (χ4v) is 4.00. The zero-order chi connectivity index (χ0) is 19.2. The second-order valence-corrected chi connectivity index (χ2v) is 7.38. The minimum absolute atomic E-state index is 0.0951. The van der Waals surface area contributed by atoms with E-state index in [4.69, 9.17) is 0 Å². The molecule has 6 nitrogen and oxygen atoms in total. The lowest BCUT2D eigenvalue weighted by Gasteiger charge is -2.35. The maximum absolute atomic E-state index is 12.1. The number of nitrogens with zero attached hydrogens (tertiary/aromatic N) is 2. The molecular weight excluding hydrogens is 340 g/mol. The molecule has 2 aliphatic rings. The van der Waals surface area contributed by atoms with E-state index in [0.717, 1.165) is 26.1 Å². The third kappa shape index (κ3) is 4.69. The third-order valence-corrected chi connectivity index (χ3v) is 5.52. The van der Waals surface area contributed by atoms with Gasteiger partial charge in [0.2, 0.25) is 0 Å². The quantitative estimate of drug-likeness (QED) is 0.590. The number of carbonyl (C=O) groups excluding carboxylic acids is 2. The summed E-state index contributed by atoms with van der Waals surface area (Å²) in [6.07, 6.45) is 6.23. The van der Waals surface area contributed by atoms with Gasteiger partial charge in [-0.25, -0.2) is 0 Å². The van der Waals surface area contributed by atoms with E-state index in [2.05, 4.69) is 52.3 Å². The number of carbonyl (C=O) groups is 2. The number of amides is 2. The van der Waals surface area contributed by atoms with Crippen LogP contribution in [0.25, 0.3) is 0 Å². The zero-order valence-electron chi connectivity index (χ0n) is 16.2. The predicted octanol–water partition coefficient (Wildman–Crippen LogP) is 1.62. The number of anilines is 1. The minimum Gasteiger partial charge on any atom is -0.374 e. The lowest BCUT2D eigenvalue weighted by molar-refractivity contribution is -0.139. The first-order valence-corrected chi connectivity index (χ1v) is 9.85. The minimum atomic E-state index is -0.608. The first-order valence-electron chi connectivity index (χ1n) is 9.85. The average molecular weight is 370 g/mol. The molecule has 0 saturated carbocycles. The van der Waals surface area contributed by atoms with Gasteiger partial charge in [0.15, 0.2) is 0 Å². The molecule has 0 aliphatic carbocycles. The van der Waals surface area contributed by atoms with E-state index >= 15 is 0 Å². The Bertz CT molecular complexity index is 697. The van der Waals surface area contributed by atoms with Gasteiger partial charge in [-0.1, -0.05) is 24.6 Å². The molecule has 0 unspecified atom stereocenters. The number of piperidine rings is 1. The van der Waals surface area contributed by atoms with Crippen molar-refractivity contribution >= 4 is 17.5 Å². The van der Waals surface area contributed by atoms with Crippen LogP contribution in [0.15, 0.2) is 30.9 Å². The number of fused-ring (bicyclic) bond motifs is 1. The second kappa shape index (κ2) is 9.04. The smallest absolute Gasteiger partial charge is 0.309 e. The molecule has 1 saturated heterocycles. The summed E-state index contributed by atoms with van der Waals surface area (Å²) in [7, 11) is 2.12. The molecule has 2 N–H and O–H groups in total. The molecule has 2 aliphatic heterocycles. The van der Waals surface area contributed by atoms with Gasteiger partial charge in [-0.15, -0.1) is 6.58 Å². The van der Waals surface area contributed by atoms with Crippen molar-refractivity contribution in [3.8, 4) is 0 Å². The molecule has 1 aromatic rings. The molecule has 0 bridgehead atoms. The maximum Gasteiger partial charge on any atom is 0.309 e. The van der Waals surface area contributed by atoms with Crippen LogP contribution in [-0.4, -0.2) is 56.5 Å². The highest BCUT2D eigenvalue weighted by atomic mass is 16.2. The van der Waals surface area contributed by atoms with Crippen LogP contribution in [0.4, 0.5) is 5.69 Å². The Hall–Kier alpha value is -2.34. The fourth-order valence-electron chi connectivity index (χ4n) is 4.00. The zero-order valence-corrected chi connectivity index (χ0v) is 16.2. The standard InChI is InChI=1S/C21H30N4O2/c1-3-10-22-20(26)21(27)23-15-19(25-11-5-4-6-12-25)16-7-8-18-17(14-16)9-13-24(18)2/h3,7-8,14,19H,1,4-6,9-13,15H2,2H3,(H,22,26)(H,23,27)/t19-/m0/s1. The fraction of sp³-hybridized carbons (Fsp3) is 0.524. The van der Waals surface area contributed by atoms with Crippen LogP contribution < -0.4 is 15.5 Å². The van der Waals surface area contributed by atoms with Crippen molar-refractivity contribution in [1.29, 1.82) is 0 Å². The molecule has 2 amide bonds. The summed E-state index contributed by atoms with van der Waals surface area (Å²) in [5, 5.41) is 5.35. The number of likely N-dealkylation sites (N-methyl/N-ethyl adjacent to an activating group) is 1. The summed E-state index contributed by atoms with van der Waals surface area (Å²) in [6, 6.07) is 6.73. The molecule has 27 heavy (non-hydrogen) atoms. The first kappa shape index (κ1) is 19.4. The summed E-state index contributed by atoms with van der Waals surface area (Å²) in [5.41, 5.74) is 3.88. The maximum atomic E-state index is 12.1. The molecular formula is C21H30N4O2. The molecule has 2 heterocycles. The molecule has 1 atom stereocenters. The van der Waals surface area contributed by atoms with E-state index in [1.54, 1.807) is 6.08 Å². The molecule has 0 spiro atoms. The molecule has 1 aromatic carbocycles. The van der Waals surface area contributed by atoms with Crippen LogP contribution in [0.2, 0.25) is 0 Å². The van der Waals surface area contributed by atoms with Gasteiger partial charge < -0.3 is 15.5 Å². The van der Waals surface area contributed by atoms with E-state index < -0.39 is 11.8 Å². The highest BCUT2D eigenvalue weighted by molar-refractivity contribution is 6.35. The Morgan fingerprint density at radius 3 is 2.63 bits per heavy atom. The van der Waals surface area contributed by atoms with Crippen molar-refractivity contribution in [3.05, 3.63) is 42.0 Å². The molecule has 6 heteroatoms. The second-order valence-electron chi connectivity index (χ2n) is 7.38. The predicted molar refractivity (Wildman–Crippen MR) is 108 cm³/mol. The van der Waals surface area contributed by atoms with E-state index in [1.165, 1.54) is 36.1 Å². The lowest BCUT2D eigenvalue weighted by atomic mass is 9.98. The molecule has 3 rings (SSSR count). The number of hydrogen-bond acceptors (Lipinski definition) is 4. The Kier molecular flexibility index (Phi) is 6.50. The Balaban J connectivity index is 1.72. The van der Waals surface area contributed by atoms with Crippen LogP contribution in [0, 0.1) is 0 Å². The monoisotopic (exact) mass is 370 g/mol. The van der Waals surface area contributed by atoms with Gasteiger partial charge in [0.05, 0.1) is 6.04 Å². The molecule has 0 radical (unpaired) electrons. The van der Waals surface area contributed by atoms with Crippen LogP contribution in [0.3, 0.4) is 0 Å². The van der Waals surface area contributed by atoms with Crippen LogP contribution in [-0.2, 0) is 16.0 Å². The van der Waals surface area contributed by atoms with E-state index in [1.807, 2.05) is 0 Å². The van der Waals surface area contributed by atoms with Crippen molar-refractivity contribution in [2.24, 2.45) is 0 Å². The summed E-state index contributed by atoms with van der Waals surface area (Å²) in [5.74, 6) is -1.19. The van der Waals surface area contributed by atoms with Gasteiger partial charge in [0, 0.05) is 32.4 Å². The average Bonchev–Trinajstić information content (AvgIpc) is 3.07. The summed E-state index contributed by atoms with van der Waals surface area (Å²) in [6.45, 7) is 7.38. The number of nitrogens with one attached hydrogen (secondary N) is 2. The summed E-state index contributed by atoms with van der Waals surface area (Å²) >= 11 is 0. The largest absolute Gasteiger partial charge is 0.374 e. The number of hydrogen-bond donors (Lipinski definition) is 2. The van der Waals surface area contributed by atoms with Gasteiger partial charge in [-0.2, -0.15) is 0 Å². The first-order chi connectivity index (χ1) is 13.1. The number of rotatable bonds is 6. The van der Waals surface area contributed by atoms with Crippen molar-refractivity contribution in [3.63, 3.8) is 0 Å². The van der Waals surface area contributed by atoms with Crippen molar-refractivity contribution in [1.82, 2.24) is 15.5 Å². The Labute approximate surface area is 161 Å².